The summed E-state index contributed by atoms with van der Waals surface area (Å²) in [6.07, 6.45) is 3.85. The first-order valence-corrected chi connectivity index (χ1v) is 9.34. The standard InChI is InChI=1S/C15H19ClO4S/c1-10-4-3-5-13(8-10)20-15(17)12-7-6-11(2)14(9-12)21(16,18)19/h6-7,9-10,13H,3-5,8H2,1-2H3. The van der Waals surface area contributed by atoms with Crippen molar-refractivity contribution in [2.75, 3.05) is 0 Å². The van der Waals surface area contributed by atoms with Crippen LogP contribution < -0.4 is 0 Å². The summed E-state index contributed by atoms with van der Waals surface area (Å²) in [5.41, 5.74) is 0.728. The molecule has 1 aromatic carbocycles. The highest BCUT2D eigenvalue weighted by Crippen LogP contribution is 2.27. The third-order valence-electron chi connectivity index (χ3n) is 3.85. The zero-order valence-electron chi connectivity index (χ0n) is 12.1. The van der Waals surface area contributed by atoms with Crippen molar-refractivity contribution in [2.24, 2.45) is 5.92 Å². The van der Waals surface area contributed by atoms with Crippen molar-refractivity contribution in [3.8, 4) is 0 Å². The Hall–Kier alpha value is -1.07. The molecule has 2 rings (SSSR count). The number of hydrogen-bond donors (Lipinski definition) is 0. The average molecular weight is 331 g/mol. The van der Waals surface area contributed by atoms with Gasteiger partial charge in [0, 0.05) is 10.7 Å². The Balaban J connectivity index is 2.16. The Morgan fingerprint density at radius 3 is 2.67 bits per heavy atom. The fourth-order valence-corrected chi connectivity index (χ4v) is 3.91. The van der Waals surface area contributed by atoms with E-state index in [-0.39, 0.29) is 16.6 Å². The molecule has 0 radical (unpaired) electrons. The summed E-state index contributed by atoms with van der Waals surface area (Å²) in [6, 6.07) is 4.41. The van der Waals surface area contributed by atoms with Gasteiger partial charge in [-0.05, 0) is 49.8 Å². The van der Waals surface area contributed by atoms with Crippen molar-refractivity contribution < 1.29 is 17.9 Å². The van der Waals surface area contributed by atoms with Crippen LogP contribution in [0, 0.1) is 12.8 Å². The topological polar surface area (TPSA) is 60.4 Å². The van der Waals surface area contributed by atoms with E-state index in [2.05, 4.69) is 6.92 Å². The quantitative estimate of drug-likeness (QED) is 0.627. The summed E-state index contributed by atoms with van der Waals surface area (Å²) in [5, 5.41) is 0. The molecule has 4 nitrogen and oxygen atoms in total. The predicted molar refractivity (Wildman–Crippen MR) is 81.1 cm³/mol. The lowest BCUT2D eigenvalue weighted by Gasteiger charge is -2.26. The maximum atomic E-state index is 12.1. The summed E-state index contributed by atoms with van der Waals surface area (Å²) in [4.78, 5) is 12.1. The normalized spacial score (nSPS) is 22.8. The van der Waals surface area contributed by atoms with E-state index in [0.29, 0.717) is 11.5 Å². The molecule has 1 saturated carbocycles. The van der Waals surface area contributed by atoms with Gasteiger partial charge in [0.15, 0.2) is 0 Å². The van der Waals surface area contributed by atoms with Gasteiger partial charge in [-0.25, -0.2) is 13.2 Å². The molecule has 2 unspecified atom stereocenters. The van der Waals surface area contributed by atoms with Crippen LogP contribution in [0.4, 0.5) is 0 Å². The smallest absolute Gasteiger partial charge is 0.338 e. The minimum Gasteiger partial charge on any atom is -0.459 e. The van der Waals surface area contributed by atoms with Gasteiger partial charge in [0.05, 0.1) is 10.5 Å². The second kappa shape index (κ2) is 6.36. The van der Waals surface area contributed by atoms with Gasteiger partial charge in [0.25, 0.3) is 9.05 Å². The van der Waals surface area contributed by atoms with E-state index in [4.69, 9.17) is 15.4 Å². The lowest BCUT2D eigenvalue weighted by molar-refractivity contribution is 0.0155. The van der Waals surface area contributed by atoms with Gasteiger partial charge in [0.2, 0.25) is 0 Å². The largest absolute Gasteiger partial charge is 0.459 e. The number of carbonyl (C=O) groups excluding carboxylic acids is 1. The molecule has 0 bridgehead atoms. The van der Waals surface area contributed by atoms with E-state index in [1.165, 1.54) is 6.07 Å². The molecule has 0 aromatic heterocycles. The van der Waals surface area contributed by atoms with E-state index in [1.807, 2.05) is 0 Å². The van der Waals surface area contributed by atoms with E-state index < -0.39 is 15.0 Å². The van der Waals surface area contributed by atoms with Crippen LogP contribution in [0.3, 0.4) is 0 Å². The second-order valence-electron chi connectivity index (χ2n) is 5.72. The van der Waals surface area contributed by atoms with Crippen molar-refractivity contribution in [1.29, 1.82) is 0 Å². The molecule has 1 aliphatic carbocycles. The molecule has 1 aromatic rings. The number of halogens is 1. The first kappa shape index (κ1) is 16.3. The Morgan fingerprint density at radius 2 is 2.05 bits per heavy atom. The van der Waals surface area contributed by atoms with Crippen LogP contribution in [0.15, 0.2) is 23.1 Å². The number of carbonyl (C=O) groups is 1. The SMILES string of the molecule is Cc1ccc(C(=O)OC2CCCC(C)C2)cc1S(=O)(=O)Cl. The number of ether oxygens (including phenoxy) is 1. The van der Waals surface area contributed by atoms with Gasteiger partial charge in [0.1, 0.15) is 6.10 Å². The Kier molecular flexibility index (Phi) is 4.94. The molecule has 0 saturated heterocycles. The molecule has 1 fully saturated rings. The molecule has 2 atom stereocenters. The highest BCUT2D eigenvalue weighted by Gasteiger charge is 2.24. The molecule has 6 heteroatoms. The van der Waals surface area contributed by atoms with Crippen LogP contribution >= 0.6 is 10.7 Å². The number of aryl methyl sites for hydroxylation is 1. The number of esters is 1. The summed E-state index contributed by atoms with van der Waals surface area (Å²) in [7, 11) is 1.50. The predicted octanol–water partition coefficient (Wildman–Crippen LogP) is 3.66. The summed E-state index contributed by atoms with van der Waals surface area (Å²) in [6.45, 7) is 3.78. The fraction of sp³-hybridized carbons (Fsp3) is 0.533. The summed E-state index contributed by atoms with van der Waals surface area (Å²) < 4.78 is 28.4. The van der Waals surface area contributed by atoms with Crippen molar-refractivity contribution >= 4 is 25.7 Å². The van der Waals surface area contributed by atoms with E-state index in [1.54, 1.807) is 19.1 Å². The number of hydrogen-bond acceptors (Lipinski definition) is 4. The number of rotatable bonds is 3. The Morgan fingerprint density at radius 1 is 1.33 bits per heavy atom. The van der Waals surface area contributed by atoms with Crippen molar-refractivity contribution in [3.63, 3.8) is 0 Å². The zero-order valence-corrected chi connectivity index (χ0v) is 13.7. The van der Waals surface area contributed by atoms with Crippen LogP contribution in [-0.2, 0) is 13.8 Å². The monoisotopic (exact) mass is 330 g/mol. The first-order valence-electron chi connectivity index (χ1n) is 7.03. The third-order valence-corrected chi connectivity index (χ3v) is 5.31. The van der Waals surface area contributed by atoms with Gasteiger partial charge in [-0.15, -0.1) is 0 Å². The highest BCUT2D eigenvalue weighted by atomic mass is 35.7. The summed E-state index contributed by atoms with van der Waals surface area (Å²) in [5.74, 6) is 0.0593. The molecule has 0 amide bonds. The van der Waals surface area contributed by atoms with Gasteiger partial charge in [-0.3, -0.25) is 0 Å². The van der Waals surface area contributed by atoms with Crippen LogP contribution in [0.1, 0.15) is 48.5 Å². The maximum absolute atomic E-state index is 12.1. The Labute approximate surface area is 129 Å². The lowest BCUT2D eigenvalue weighted by Crippen LogP contribution is -2.24. The minimum absolute atomic E-state index is 0.0457. The molecule has 21 heavy (non-hydrogen) atoms. The summed E-state index contributed by atoms with van der Waals surface area (Å²) >= 11 is 0. The highest BCUT2D eigenvalue weighted by molar-refractivity contribution is 8.13. The van der Waals surface area contributed by atoms with Crippen LogP contribution in [-0.4, -0.2) is 20.5 Å². The molecule has 1 aliphatic rings. The van der Waals surface area contributed by atoms with E-state index in [9.17, 15) is 13.2 Å². The zero-order chi connectivity index (χ0) is 15.6. The van der Waals surface area contributed by atoms with Crippen molar-refractivity contribution in [3.05, 3.63) is 29.3 Å². The van der Waals surface area contributed by atoms with Crippen molar-refractivity contribution in [1.82, 2.24) is 0 Å². The molecule has 0 N–H and O–H groups in total. The van der Waals surface area contributed by atoms with Crippen LogP contribution in [0.5, 0.6) is 0 Å². The Bertz CT molecular complexity index is 639. The molecule has 0 heterocycles. The first-order chi connectivity index (χ1) is 9.77. The lowest BCUT2D eigenvalue weighted by atomic mass is 9.89. The van der Waals surface area contributed by atoms with E-state index in [0.717, 1.165) is 25.7 Å². The third kappa shape index (κ3) is 4.20. The van der Waals surface area contributed by atoms with E-state index >= 15 is 0 Å². The minimum atomic E-state index is -3.87. The number of benzene rings is 1. The van der Waals surface area contributed by atoms with Gasteiger partial charge in [-0.2, -0.15) is 0 Å². The van der Waals surface area contributed by atoms with Gasteiger partial charge in [-0.1, -0.05) is 19.4 Å². The second-order valence-corrected chi connectivity index (χ2v) is 8.25. The molecular formula is C15H19ClO4S. The maximum Gasteiger partial charge on any atom is 0.338 e. The average Bonchev–Trinajstić information content (AvgIpc) is 2.37. The van der Waals surface area contributed by atoms with Crippen LogP contribution in [0.25, 0.3) is 0 Å². The van der Waals surface area contributed by atoms with Crippen molar-refractivity contribution in [2.45, 2.75) is 50.5 Å². The molecule has 116 valence electrons. The molecular weight excluding hydrogens is 312 g/mol. The molecule has 0 aliphatic heterocycles. The van der Waals surface area contributed by atoms with Crippen LogP contribution in [0.2, 0.25) is 0 Å². The fourth-order valence-electron chi connectivity index (χ4n) is 2.69. The van der Waals surface area contributed by atoms with Gasteiger partial charge < -0.3 is 4.74 Å². The molecule has 0 spiro atoms. The van der Waals surface area contributed by atoms with Gasteiger partial charge >= 0.3 is 5.97 Å².